The molecule has 0 radical (unpaired) electrons. The Kier molecular flexibility index (Phi) is 4.21. The van der Waals surface area contributed by atoms with E-state index in [1.165, 1.54) is 12.1 Å². The Bertz CT molecular complexity index is 391. The zero-order valence-electron chi connectivity index (χ0n) is 7.69. The molecule has 1 aromatic carbocycles. The zero-order valence-corrected chi connectivity index (χ0v) is 9.28. The summed E-state index contributed by atoms with van der Waals surface area (Å²) in [4.78, 5) is 0. The van der Waals surface area contributed by atoms with Gasteiger partial charge in [0.25, 0.3) is 0 Å². The molecule has 0 aliphatic carbocycles. The van der Waals surface area contributed by atoms with Crippen molar-refractivity contribution in [2.75, 3.05) is 0 Å². The van der Waals surface area contributed by atoms with Crippen LogP contribution in [0.25, 0.3) is 0 Å². The summed E-state index contributed by atoms with van der Waals surface area (Å²) in [5.41, 5.74) is 0.234. The van der Waals surface area contributed by atoms with Gasteiger partial charge in [0.1, 0.15) is 11.9 Å². The van der Waals surface area contributed by atoms with Crippen molar-refractivity contribution in [3.63, 3.8) is 0 Å². The minimum absolute atomic E-state index is 0.204. The van der Waals surface area contributed by atoms with Crippen LogP contribution in [0.2, 0.25) is 0 Å². The van der Waals surface area contributed by atoms with E-state index in [-0.39, 0.29) is 12.0 Å². The third-order valence-corrected chi connectivity index (χ3v) is 2.66. The van der Waals surface area contributed by atoms with Crippen LogP contribution in [-0.4, -0.2) is 16.3 Å². The number of rotatable bonds is 3. The summed E-state index contributed by atoms with van der Waals surface area (Å²) in [6.45, 7) is 0. The highest BCUT2D eigenvalue weighted by Crippen LogP contribution is 2.27. The van der Waals surface area contributed by atoms with E-state index in [2.05, 4.69) is 15.9 Å². The van der Waals surface area contributed by atoms with Gasteiger partial charge in [0.2, 0.25) is 0 Å². The summed E-state index contributed by atoms with van der Waals surface area (Å²) in [6.07, 6.45) is -2.69. The highest BCUT2D eigenvalue weighted by atomic mass is 79.9. The molecule has 0 aliphatic rings. The standard InChI is InChI=1S/C10H9BrFNO2/c11-8-2-1-6(12)5-7(8)10(15)9(14)3-4-13/h1-2,5,9-10,14-15H,3H2. The molecule has 15 heavy (non-hydrogen) atoms. The fourth-order valence-electron chi connectivity index (χ4n) is 1.15. The topological polar surface area (TPSA) is 64.2 Å². The average Bonchev–Trinajstić information content (AvgIpc) is 2.21. The van der Waals surface area contributed by atoms with Crippen LogP contribution in [0.4, 0.5) is 4.39 Å². The van der Waals surface area contributed by atoms with Crippen molar-refractivity contribution in [2.24, 2.45) is 0 Å². The number of halogens is 2. The van der Waals surface area contributed by atoms with Gasteiger partial charge in [-0.1, -0.05) is 15.9 Å². The molecule has 0 spiro atoms. The van der Waals surface area contributed by atoms with E-state index in [9.17, 15) is 14.6 Å². The van der Waals surface area contributed by atoms with Gasteiger partial charge in [-0.15, -0.1) is 0 Å². The van der Waals surface area contributed by atoms with Crippen LogP contribution in [0.15, 0.2) is 22.7 Å². The fourth-order valence-corrected chi connectivity index (χ4v) is 1.63. The normalized spacial score (nSPS) is 14.3. The molecule has 0 amide bonds. The van der Waals surface area contributed by atoms with Crippen LogP contribution in [0.5, 0.6) is 0 Å². The lowest BCUT2D eigenvalue weighted by molar-refractivity contribution is 0.0210. The first-order chi connectivity index (χ1) is 7.06. The second kappa shape index (κ2) is 5.21. The molecule has 0 bridgehead atoms. The molecule has 1 aromatic rings. The van der Waals surface area contributed by atoms with Crippen LogP contribution in [0, 0.1) is 17.1 Å². The van der Waals surface area contributed by atoms with Crippen molar-refractivity contribution in [2.45, 2.75) is 18.6 Å². The quantitative estimate of drug-likeness (QED) is 0.884. The molecule has 1 rings (SSSR count). The Morgan fingerprint density at radius 2 is 2.13 bits per heavy atom. The van der Waals surface area contributed by atoms with Crippen molar-refractivity contribution in [1.29, 1.82) is 5.26 Å². The minimum Gasteiger partial charge on any atom is -0.389 e. The highest BCUT2D eigenvalue weighted by Gasteiger charge is 2.20. The Labute approximate surface area is 94.9 Å². The monoisotopic (exact) mass is 273 g/mol. The average molecular weight is 274 g/mol. The highest BCUT2D eigenvalue weighted by molar-refractivity contribution is 9.10. The third kappa shape index (κ3) is 2.99. The smallest absolute Gasteiger partial charge is 0.123 e. The van der Waals surface area contributed by atoms with Gasteiger partial charge in [-0.2, -0.15) is 5.26 Å². The van der Waals surface area contributed by atoms with Gasteiger partial charge >= 0.3 is 0 Å². The van der Waals surface area contributed by atoms with Crippen molar-refractivity contribution in [1.82, 2.24) is 0 Å². The number of nitriles is 1. The van der Waals surface area contributed by atoms with Crippen LogP contribution >= 0.6 is 15.9 Å². The van der Waals surface area contributed by atoms with E-state index in [0.717, 1.165) is 6.07 Å². The van der Waals surface area contributed by atoms with Crippen molar-refractivity contribution in [3.05, 3.63) is 34.1 Å². The molecule has 0 heterocycles. The van der Waals surface area contributed by atoms with Crippen molar-refractivity contribution in [3.8, 4) is 6.07 Å². The van der Waals surface area contributed by atoms with Gasteiger partial charge in [-0.3, -0.25) is 0 Å². The summed E-state index contributed by atoms with van der Waals surface area (Å²) in [5, 5.41) is 27.3. The molecule has 3 nitrogen and oxygen atoms in total. The van der Waals surface area contributed by atoms with E-state index in [4.69, 9.17) is 5.26 Å². The first-order valence-electron chi connectivity index (χ1n) is 4.24. The lowest BCUT2D eigenvalue weighted by Gasteiger charge is -2.16. The van der Waals surface area contributed by atoms with Gasteiger partial charge in [0.05, 0.1) is 18.6 Å². The Hall–Kier alpha value is -0.960. The molecule has 0 aliphatic heterocycles. The summed E-state index contributed by atoms with van der Waals surface area (Å²) >= 11 is 3.13. The summed E-state index contributed by atoms with van der Waals surface area (Å²) in [6, 6.07) is 5.52. The van der Waals surface area contributed by atoms with E-state index < -0.39 is 18.0 Å². The summed E-state index contributed by atoms with van der Waals surface area (Å²) in [7, 11) is 0. The SMILES string of the molecule is N#CCC(O)C(O)c1cc(F)ccc1Br. The maximum absolute atomic E-state index is 12.9. The first-order valence-corrected chi connectivity index (χ1v) is 5.03. The fraction of sp³-hybridized carbons (Fsp3) is 0.300. The molecular weight excluding hydrogens is 265 g/mol. The zero-order chi connectivity index (χ0) is 11.4. The molecule has 0 saturated carbocycles. The van der Waals surface area contributed by atoms with Crippen LogP contribution < -0.4 is 0 Å². The van der Waals surface area contributed by atoms with Gasteiger partial charge in [-0.25, -0.2) is 4.39 Å². The molecular formula is C10H9BrFNO2. The Morgan fingerprint density at radius 1 is 1.47 bits per heavy atom. The number of aliphatic hydroxyl groups is 2. The van der Waals surface area contributed by atoms with E-state index in [1.807, 2.05) is 0 Å². The van der Waals surface area contributed by atoms with Gasteiger partial charge in [-0.05, 0) is 18.2 Å². The van der Waals surface area contributed by atoms with Crippen LogP contribution in [-0.2, 0) is 0 Å². The maximum Gasteiger partial charge on any atom is 0.123 e. The lowest BCUT2D eigenvalue weighted by Crippen LogP contribution is -2.18. The minimum atomic E-state index is -1.27. The van der Waals surface area contributed by atoms with Crippen molar-refractivity contribution < 1.29 is 14.6 Å². The second-order valence-electron chi connectivity index (χ2n) is 3.04. The van der Waals surface area contributed by atoms with E-state index in [0.29, 0.717) is 4.47 Å². The molecule has 5 heteroatoms. The molecule has 0 saturated heterocycles. The second-order valence-corrected chi connectivity index (χ2v) is 3.89. The van der Waals surface area contributed by atoms with Crippen LogP contribution in [0.3, 0.4) is 0 Å². The third-order valence-electron chi connectivity index (χ3n) is 1.94. The van der Waals surface area contributed by atoms with Gasteiger partial charge in [0, 0.05) is 10.0 Å². The summed E-state index contributed by atoms with van der Waals surface area (Å²) < 4.78 is 13.4. The van der Waals surface area contributed by atoms with E-state index >= 15 is 0 Å². The molecule has 0 fully saturated rings. The van der Waals surface area contributed by atoms with E-state index in [1.54, 1.807) is 6.07 Å². The number of benzene rings is 1. The van der Waals surface area contributed by atoms with Crippen LogP contribution in [0.1, 0.15) is 18.1 Å². The lowest BCUT2D eigenvalue weighted by atomic mass is 10.0. The summed E-state index contributed by atoms with van der Waals surface area (Å²) in [5.74, 6) is -0.503. The molecule has 2 N–H and O–H groups in total. The Morgan fingerprint density at radius 3 is 2.73 bits per heavy atom. The molecule has 0 aromatic heterocycles. The number of nitrogens with zero attached hydrogens (tertiary/aromatic N) is 1. The number of aliphatic hydroxyl groups excluding tert-OH is 2. The first kappa shape index (κ1) is 12.1. The predicted octanol–water partition coefficient (Wildman–Crippen LogP) is 1.90. The number of hydrogen-bond donors (Lipinski definition) is 2. The van der Waals surface area contributed by atoms with Gasteiger partial charge < -0.3 is 10.2 Å². The molecule has 2 unspecified atom stereocenters. The number of hydrogen-bond acceptors (Lipinski definition) is 3. The molecule has 2 atom stereocenters. The maximum atomic E-state index is 12.9. The van der Waals surface area contributed by atoms with Gasteiger partial charge in [0.15, 0.2) is 0 Å². The van der Waals surface area contributed by atoms with Crippen molar-refractivity contribution >= 4 is 15.9 Å². The predicted molar refractivity (Wildman–Crippen MR) is 55.3 cm³/mol. The largest absolute Gasteiger partial charge is 0.389 e. The molecule has 80 valence electrons. The Balaban J connectivity index is 2.95.